The van der Waals surface area contributed by atoms with Crippen LogP contribution in [0.25, 0.3) is 10.9 Å². The Bertz CT molecular complexity index is 920. The Morgan fingerprint density at radius 3 is 2.54 bits per heavy atom. The number of nitrogens with zero attached hydrogens (tertiary/aromatic N) is 1. The van der Waals surface area contributed by atoms with E-state index in [1.807, 2.05) is 56.3 Å². The molecule has 0 amide bonds. The highest BCUT2D eigenvalue weighted by molar-refractivity contribution is 6.06. The Labute approximate surface area is 153 Å². The van der Waals surface area contributed by atoms with Gasteiger partial charge in [-0.25, -0.2) is 4.79 Å². The molecule has 1 aromatic heterocycles. The molecular weight excluding hydrogens is 328 g/mol. The van der Waals surface area contributed by atoms with Crippen molar-refractivity contribution in [1.82, 2.24) is 4.98 Å². The summed E-state index contributed by atoms with van der Waals surface area (Å²) in [5.74, 6) is 0.413. The molecule has 5 heteroatoms. The van der Waals surface area contributed by atoms with Crippen LogP contribution >= 0.6 is 0 Å². The highest BCUT2D eigenvalue weighted by atomic mass is 16.5. The largest absolute Gasteiger partial charge is 0.494 e. The van der Waals surface area contributed by atoms with E-state index < -0.39 is 5.97 Å². The highest BCUT2D eigenvalue weighted by Gasteiger charge is 2.17. The van der Waals surface area contributed by atoms with Crippen LogP contribution in [0.2, 0.25) is 0 Å². The molecule has 0 bridgehead atoms. The molecule has 0 aliphatic heterocycles. The van der Waals surface area contributed by atoms with Gasteiger partial charge >= 0.3 is 5.97 Å². The third kappa shape index (κ3) is 3.61. The summed E-state index contributed by atoms with van der Waals surface area (Å²) < 4.78 is 10.7. The summed E-state index contributed by atoms with van der Waals surface area (Å²) in [6.07, 6.45) is 1.57. The summed E-state index contributed by atoms with van der Waals surface area (Å²) in [6.45, 7) is 6.67. The quantitative estimate of drug-likeness (QED) is 0.643. The molecule has 5 nitrogen and oxygen atoms in total. The fourth-order valence-electron chi connectivity index (χ4n) is 2.81. The van der Waals surface area contributed by atoms with E-state index in [0.717, 1.165) is 27.9 Å². The minimum atomic E-state index is -0.392. The lowest BCUT2D eigenvalue weighted by atomic mass is 10.1. The second kappa shape index (κ2) is 7.87. The number of carbonyl (C=O) groups excluding carboxylic acids is 1. The Morgan fingerprint density at radius 1 is 1.08 bits per heavy atom. The lowest BCUT2D eigenvalue weighted by molar-refractivity contribution is 0.0527. The van der Waals surface area contributed by atoms with Gasteiger partial charge in [-0.05, 0) is 50.6 Å². The van der Waals surface area contributed by atoms with Crippen molar-refractivity contribution in [1.29, 1.82) is 0 Å². The van der Waals surface area contributed by atoms with E-state index in [4.69, 9.17) is 9.47 Å². The molecular formula is C21H22N2O3. The molecule has 0 spiro atoms. The number of carbonyl (C=O) groups is 1. The maximum absolute atomic E-state index is 12.4. The van der Waals surface area contributed by atoms with Crippen molar-refractivity contribution in [3.63, 3.8) is 0 Å². The first kappa shape index (κ1) is 17.7. The average molecular weight is 350 g/mol. The molecule has 26 heavy (non-hydrogen) atoms. The summed E-state index contributed by atoms with van der Waals surface area (Å²) in [4.78, 5) is 16.9. The molecule has 0 atom stereocenters. The normalized spacial score (nSPS) is 10.6. The number of anilines is 2. The first-order valence-corrected chi connectivity index (χ1v) is 8.69. The van der Waals surface area contributed by atoms with Crippen molar-refractivity contribution in [2.45, 2.75) is 20.8 Å². The van der Waals surface area contributed by atoms with Crippen LogP contribution in [-0.4, -0.2) is 24.2 Å². The number of aryl methyl sites for hydroxylation is 1. The van der Waals surface area contributed by atoms with Gasteiger partial charge in [-0.15, -0.1) is 0 Å². The smallest absolute Gasteiger partial charge is 0.341 e. The third-order valence-corrected chi connectivity index (χ3v) is 4.03. The lowest BCUT2D eigenvalue weighted by Crippen LogP contribution is -2.09. The lowest BCUT2D eigenvalue weighted by Gasteiger charge is -2.15. The molecule has 1 N–H and O–H groups in total. The third-order valence-electron chi connectivity index (χ3n) is 4.03. The predicted molar refractivity (Wildman–Crippen MR) is 103 cm³/mol. The number of hydrogen-bond acceptors (Lipinski definition) is 5. The fourth-order valence-corrected chi connectivity index (χ4v) is 2.81. The van der Waals surface area contributed by atoms with Crippen LogP contribution in [0, 0.1) is 6.92 Å². The van der Waals surface area contributed by atoms with Crippen LogP contribution < -0.4 is 10.1 Å². The average Bonchev–Trinajstić information content (AvgIpc) is 2.64. The van der Waals surface area contributed by atoms with Gasteiger partial charge in [-0.2, -0.15) is 0 Å². The molecule has 134 valence electrons. The molecule has 0 radical (unpaired) electrons. The Morgan fingerprint density at radius 2 is 1.85 bits per heavy atom. The van der Waals surface area contributed by atoms with Crippen molar-refractivity contribution in [2.75, 3.05) is 18.5 Å². The van der Waals surface area contributed by atoms with Crippen molar-refractivity contribution >= 4 is 28.2 Å². The van der Waals surface area contributed by atoms with Gasteiger partial charge in [0.2, 0.25) is 0 Å². The number of para-hydroxylation sites is 1. The van der Waals surface area contributed by atoms with Crippen molar-refractivity contribution < 1.29 is 14.3 Å². The number of benzene rings is 2. The zero-order valence-electron chi connectivity index (χ0n) is 15.2. The second-order valence-electron chi connectivity index (χ2n) is 5.82. The molecule has 0 saturated carbocycles. The van der Waals surface area contributed by atoms with Crippen LogP contribution in [0.15, 0.2) is 48.7 Å². The van der Waals surface area contributed by atoms with E-state index >= 15 is 0 Å². The molecule has 0 unspecified atom stereocenters. The number of fused-ring (bicyclic) bond motifs is 1. The van der Waals surface area contributed by atoms with Crippen molar-refractivity contribution in [3.8, 4) is 5.75 Å². The van der Waals surface area contributed by atoms with Gasteiger partial charge < -0.3 is 14.8 Å². The molecule has 0 aliphatic rings. The van der Waals surface area contributed by atoms with Gasteiger partial charge in [-0.3, -0.25) is 4.98 Å². The number of nitrogens with one attached hydrogen (secondary N) is 1. The van der Waals surface area contributed by atoms with Gasteiger partial charge in [0.1, 0.15) is 11.3 Å². The summed E-state index contributed by atoms with van der Waals surface area (Å²) in [5, 5.41) is 4.23. The molecule has 3 rings (SSSR count). The number of ether oxygens (including phenoxy) is 2. The van der Waals surface area contributed by atoms with Crippen LogP contribution in [0.5, 0.6) is 5.75 Å². The van der Waals surface area contributed by atoms with Gasteiger partial charge in [0.05, 0.1) is 24.4 Å². The molecule has 0 fully saturated rings. The summed E-state index contributed by atoms with van der Waals surface area (Å²) in [7, 11) is 0. The number of pyridine rings is 1. The Hall–Kier alpha value is -3.08. The number of aromatic nitrogens is 1. The maximum Gasteiger partial charge on any atom is 0.341 e. The molecule has 0 saturated heterocycles. The SMILES string of the molecule is CCOC(=O)c1cnc2c(C)cccc2c1Nc1ccc(OCC)cc1. The Balaban J connectivity index is 2.07. The van der Waals surface area contributed by atoms with Crippen LogP contribution in [-0.2, 0) is 4.74 Å². The van der Waals surface area contributed by atoms with Crippen molar-refractivity contribution in [3.05, 3.63) is 59.8 Å². The second-order valence-corrected chi connectivity index (χ2v) is 5.82. The number of rotatable bonds is 6. The van der Waals surface area contributed by atoms with Gasteiger partial charge in [0.25, 0.3) is 0 Å². The fraction of sp³-hybridized carbons (Fsp3) is 0.238. The minimum absolute atomic E-state index is 0.313. The zero-order chi connectivity index (χ0) is 18.5. The summed E-state index contributed by atoms with van der Waals surface area (Å²) in [5.41, 5.74) is 3.87. The number of hydrogen-bond donors (Lipinski definition) is 1. The first-order chi connectivity index (χ1) is 12.6. The van der Waals surface area contributed by atoms with Gasteiger partial charge in [-0.1, -0.05) is 18.2 Å². The standard InChI is InChI=1S/C21H22N2O3/c1-4-25-16-11-9-15(10-12-16)23-20-17-8-6-7-14(3)19(17)22-13-18(20)21(24)26-5-2/h6-13H,4-5H2,1-3H3,(H,22,23). The molecule has 0 aliphatic carbocycles. The summed E-state index contributed by atoms with van der Waals surface area (Å²) >= 11 is 0. The Kier molecular flexibility index (Phi) is 5.37. The molecule has 3 aromatic rings. The van der Waals surface area contributed by atoms with Crippen LogP contribution in [0.3, 0.4) is 0 Å². The van der Waals surface area contributed by atoms with E-state index in [1.165, 1.54) is 0 Å². The molecule has 2 aromatic carbocycles. The zero-order valence-corrected chi connectivity index (χ0v) is 15.2. The van der Waals surface area contributed by atoms with E-state index in [2.05, 4.69) is 10.3 Å². The van der Waals surface area contributed by atoms with E-state index in [-0.39, 0.29) is 0 Å². The highest BCUT2D eigenvalue weighted by Crippen LogP contribution is 2.31. The topological polar surface area (TPSA) is 60.5 Å². The van der Waals surface area contributed by atoms with Crippen molar-refractivity contribution in [2.24, 2.45) is 0 Å². The maximum atomic E-state index is 12.4. The van der Waals surface area contributed by atoms with E-state index in [0.29, 0.717) is 24.5 Å². The number of esters is 1. The van der Waals surface area contributed by atoms with Gasteiger partial charge in [0, 0.05) is 17.3 Å². The van der Waals surface area contributed by atoms with Crippen LogP contribution in [0.1, 0.15) is 29.8 Å². The summed E-state index contributed by atoms with van der Waals surface area (Å²) in [6, 6.07) is 13.5. The van der Waals surface area contributed by atoms with E-state index in [9.17, 15) is 4.79 Å². The van der Waals surface area contributed by atoms with Crippen LogP contribution in [0.4, 0.5) is 11.4 Å². The monoisotopic (exact) mass is 350 g/mol. The van der Waals surface area contributed by atoms with Gasteiger partial charge in [0.15, 0.2) is 0 Å². The first-order valence-electron chi connectivity index (χ1n) is 8.69. The predicted octanol–water partition coefficient (Wildman–Crippen LogP) is 4.86. The minimum Gasteiger partial charge on any atom is -0.494 e. The van der Waals surface area contributed by atoms with E-state index in [1.54, 1.807) is 13.1 Å². The molecule has 1 heterocycles.